The van der Waals surface area contributed by atoms with Crippen LogP contribution in [0.25, 0.3) is 0 Å². The SMILES string of the molecule is CSC1CCC(N/C=C/C(=O)O)C1. The summed E-state index contributed by atoms with van der Waals surface area (Å²) in [7, 11) is 0. The molecule has 2 atom stereocenters. The van der Waals surface area contributed by atoms with Crippen molar-refractivity contribution < 1.29 is 9.90 Å². The van der Waals surface area contributed by atoms with Crippen molar-refractivity contribution in [2.75, 3.05) is 6.26 Å². The molecule has 0 heterocycles. The normalized spacial score (nSPS) is 28.1. The number of carboxylic acid groups (broad SMARTS) is 1. The van der Waals surface area contributed by atoms with E-state index in [-0.39, 0.29) is 0 Å². The van der Waals surface area contributed by atoms with Gasteiger partial charge in [0.15, 0.2) is 0 Å². The second-order valence-electron chi connectivity index (χ2n) is 3.21. The Morgan fingerprint density at radius 2 is 2.38 bits per heavy atom. The molecule has 0 spiro atoms. The maximum atomic E-state index is 10.2. The van der Waals surface area contributed by atoms with Crippen molar-refractivity contribution in [2.24, 2.45) is 0 Å². The molecule has 2 unspecified atom stereocenters. The van der Waals surface area contributed by atoms with E-state index in [2.05, 4.69) is 11.6 Å². The van der Waals surface area contributed by atoms with E-state index < -0.39 is 5.97 Å². The van der Waals surface area contributed by atoms with Gasteiger partial charge in [-0.3, -0.25) is 0 Å². The van der Waals surface area contributed by atoms with Crippen LogP contribution in [0.5, 0.6) is 0 Å². The first-order chi connectivity index (χ1) is 6.22. The number of aliphatic carboxylic acids is 1. The summed E-state index contributed by atoms with van der Waals surface area (Å²) in [6, 6.07) is 0.466. The highest BCUT2D eigenvalue weighted by Gasteiger charge is 2.22. The lowest BCUT2D eigenvalue weighted by Crippen LogP contribution is -2.21. The van der Waals surface area contributed by atoms with E-state index in [4.69, 9.17) is 5.11 Å². The van der Waals surface area contributed by atoms with Gasteiger partial charge in [0.05, 0.1) is 0 Å². The van der Waals surface area contributed by atoms with E-state index in [1.165, 1.54) is 12.6 Å². The zero-order chi connectivity index (χ0) is 9.68. The first kappa shape index (κ1) is 10.4. The van der Waals surface area contributed by atoms with Gasteiger partial charge in [0, 0.05) is 23.6 Å². The van der Waals surface area contributed by atoms with Crippen LogP contribution in [0.3, 0.4) is 0 Å². The number of rotatable bonds is 4. The van der Waals surface area contributed by atoms with Crippen LogP contribution in [0, 0.1) is 0 Å². The van der Waals surface area contributed by atoms with E-state index in [0.717, 1.165) is 24.2 Å². The third-order valence-corrected chi connectivity index (χ3v) is 3.37. The van der Waals surface area contributed by atoms with Crippen LogP contribution in [-0.4, -0.2) is 28.6 Å². The van der Waals surface area contributed by atoms with Crippen LogP contribution in [0.2, 0.25) is 0 Å². The van der Waals surface area contributed by atoms with Crippen LogP contribution >= 0.6 is 11.8 Å². The molecule has 13 heavy (non-hydrogen) atoms. The summed E-state index contributed by atoms with van der Waals surface area (Å²) >= 11 is 1.90. The van der Waals surface area contributed by atoms with Gasteiger partial charge in [-0.2, -0.15) is 11.8 Å². The molecular weight excluding hydrogens is 186 g/mol. The molecule has 0 aromatic carbocycles. The fraction of sp³-hybridized carbons (Fsp3) is 0.667. The third-order valence-electron chi connectivity index (χ3n) is 2.28. The largest absolute Gasteiger partial charge is 0.478 e. The Balaban J connectivity index is 2.20. The number of thioether (sulfide) groups is 1. The summed E-state index contributed by atoms with van der Waals surface area (Å²) in [5.41, 5.74) is 0. The highest BCUT2D eigenvalue weighted by molar-refractivity contribution is 7.99. The van der Waals surface area contributed by atoms with Gasteiger partial charge in [-0.15, -0.1) is 0 Å². The van der Waals surface area contributed by atoms with Crippen molar-refractivity contribution in [2.45, 2.75) is 30.6 Å². The monoisotopic (exact) mass is 201 g/mol. The fourth-order valence-electron chi connectivity index (χ4n) is 1.56. The van der Waals surface area contributed by atoms with E-state index in [0.29, 0.717) is 6.04 Å². The zero-order valence-electron chi connectivity index (χ0n) is 7.69. The standard InChI is InChI=1S/C9H15NO2S/c1-13-8-3-2-7(6-8)10-5-4-9(11)12/h4-5,7-8,10H,2-3,6H2,1H3,(H,11,12)/b5-4+. The molecule has 0 aliphatic heterocycles. The summed E-state index contributed by atoms with van der Waals surface area (Å²) in [6.45, 7) is 0. The predicted octanol–water partition coefficient (Wildman–Crippen LogP) is 1.46. The predicted molar refractivity (Wildman–Crippen MR) is 54.9 cm³/mol. The second kappa shape index (κ2) is 5.17. The molecule has 0 amide bonds. The molecule has 1 fully saturated rings. The first-order valence-corrected chi connectivity index (χ1v) is 5.69. The van der Waals surface area contributed by atoms with E-state index in [1.807, 2.05) is 11.8 Å². The van der Waals surface area contributed by atoms with E-state index in [1.54, 1.807) is 0 Å². The Hall–Kier alpha value is -0.640. The van der Waals surface area contributed by atoms with Crippen molar-refractivity contribution in [3.63, 3.8) is 0 Å². The van der Waals surface area contributed by atoms with Crippen LogP contribution in [0.1, 0.15) is 19.3 Å². The summed E-state index contributed by atoms with van der Waals surface area (Å²) in [4.78, 5) is 10.2. The van der Waals surface area contributed by atoms with Crippen molar-refractivity contribution in [1.29, 1.82) is 0 Å². The quantitative estimate of drug-likeness (QED) is 0.676. The fourth-order valence-corrected chi connectivity index (χ4v) is 2.36. The van der Waals surface area contributed by atoms with Gasteiger partial charge in [0.25, 0.3) is 0 Å². The van der Waals surface area contributed by atoms with Crippen molar-refractivity contribution in [3.05, 3.63) is 12.3 Å². The Labute approximate surface area is 82.6 Å². The minimum atomic E-state index is -0.896. The Kier molecular flexibility index (Phi) is 4.15. The average molecular weight is 201 g/mol. The van der Waals surface area contributed by atoms with Gasteiger partial charge in [0.1, 0.15) is 0 Å². The summed E-state index contributed by atoms with van der Waals surface area (Å²) in [5, 5.41) is 12.2. The van der Waals surface area contributed by atoms with Crippen LogP contribution in [0.4, 0.5) is 0 Å². The second-order valence-corrected chi connectivity index (χ2v) is 4.34. The zero-order valence-corrected chi connectivity index (χ0v) is 8.51. The Morgan fingerprint density at radius 1 is 1.62 bits per heavy atom. The van der Waals surface area contributed by atoms with E-state index in [9.17, 15) is 4.79 Å². The molecular formula is C9H15NO2S. The third kappa shape index (κ3) is 3.72. The van der Waals surface area contributed by atoms with Crippen molar-refractivity contribution in [3.8, 4) is 0 Å². The lowest BCUT2D eigenvalue weighted by molar-refractivity contribution is -0.131. The molecule has 4 heteroatoms. The molecule has 3 nitrogen and oxygen atoms in total. The molecule has 0 radical (unpaired) electrons. The smallest absolute Gasteiger partial charge is 0.329 e. The average Bonchev–Trinajstić information content (AvgIpc) is 2.52. The molecule has 0 bridgehead atoms. The van der Waals surface area contributed by atoms with Gasteiger partial charge >= 0.3 is 5.97 Å². The molecule has 0 saturated heterocycles. The summed E-state index contributed by atoms with van der Waals surface area (Å²) in [6.07, 6.45) is 8.34. The first-order valence-electron chi connectivity index (χ1n) is 4.40. The molecule has 2 N–H and O–H groups in total. The number of nitrogens with one attached hydrogen (secondary N) is 1. The van der Waals surface area contributed by atoms with Crippen molar-refractivity contribution in [1.82, 2.24) is 5.32 Å². The van der Waals surface area contributed by atoms with Crippen LogP contribution < -0.4 is 5.32 Å². The minimum absolute atomic E-state index is 0.466. The van der Waals surface area contributed by atoms with Crippen LogP contribution in [-0.2, 0) is 4.79 Å². The topological polar surface area (TPSA) is 49.3 Å². The number of carboxylic acids is 1. The molecule has 1 rings (SSSR count). The number of hydrogen-bond acceptors (Lipinski definition) is 3. The maximum Gasteiger partial charge on any atom is 0.329 e. The molecule has 1 aliphatic rings. The number of carbonyl (C=O) groups is 1. The molecule has 74 valence electrons. The van der Waals surface area contributed by atoms with Gasteiger partial charge in [-0.1, -0.05) is 0 Å². The Morgan fingerprint density at radius 3 is 2.92 bits per heavy atom. The van der Waals surface area contributed by atoms with Gasteiger partial charge in [-0.25, -0.2) is 4.79 Å². The van der Waals surface area contributed by atoms with Crippen LogP contribution in [0.15, 0.2) is 12.3 Å². The van der Waals surface area contributed by atoms with Gasteiger partial charge < -0.3 is 10.4 Å². The molecule has 1 aliphatic carbocycles. The highest BCUT2D eigenvalue weighted by Crippen LogP contribution is 2.27. The lowest BCUT2D eigenvalue weighted by atomic mass is 10.2. The summed E-state index contributed by atoms with van der Waals surface area (Å²) < 4.78 is 0. The molecule has 0 aromatic heterocycles. The molecule has 0 aromatic rings. The minimum Gasteiger partial charge on any atom is -0.478 e. The highest BCUT2D eigenvalue weighted by atomic mass is 32.2. The summed E-state index contributed by atoms with van der Waals surface area (Å²) in [5.74, 6) is -0.896. The molecule has 1 saturated carbocycles. The lowest BCUT2D eigenvalue weighted by Gasteiger charge is -2.09. The Bertz CT molecular complexity index is 206. The van der Waals surface area contributed by atoms with E-state index >= 15 is 0 Å². The van der Waals surface area contributed by atoms with Crippen molar-refractivity contribution >= 4 is 17.7 Å². The van der Waals surface area contributed by atoms with Gasteiger partial charge in [0.2, 0.25) is 0 Å². The number of hydrogen-bond donors (Lipinski definition) is 2. The maximum absolute atomic E-state index is 10.2. The van der Waals surface area contributed by atoms with Gasteiger partial charge in [-0.05, 0) is 25.5 Å².